The van der Waals surface area contributed by atoms with Crippen LogP contribution in [0.25, 0.3) is 0 Å². The second kappa shape index (κ2) is 30.8. The average Bonchev–Trinajstić information content (AvgIpc) is 2.97. The Morgan fingerprint density at radius 3 is 1.73 bits per heavy atom. The number of aliphatic hydroxyl groups is 2. The number of hydrogen-bond donors (Lipinski definition) is 2. The van der Waals surface area contributed by atoms with Crippen molar-refractivity contribution in [3.05, 3.63) is 48.6 Å². The van der Waals surface area contributed by atoms with Crippen LogP contribution in [-0.4, -0.2) is 47.6 Å². The van der Waals surface area contributed by atoms with Crippen LogP contribution < -0.4 is 0 Å². The van der Waals surface area contributed by atoms with Gasteiger partial charge < -0.3 is 19.7 Å². The van der Waals surface area contributed by atoms with Crippen molar-refractivity contribution in [1.29, 1.82) is 0 Å². The van der Waals surface area contributed by atoms with Crippen molar-refractivity contribution in [1.82, 2.24) is 0 Å². The number of carbonyl (C=O) groups is 2. The quantitative estimate of drug-likeness (QED) is 0.0551. The first-order valence-electron chi connectivity index (χ1n) is 16.3. The third-order valence-corrected chi connectivity index (χ3v) is 6.79. The average molecular weight is 577 g/mol. The fourth-order valence-electron chi connectivity index (χ4n) is 4.11. The molecular weight excluding hydrogens is 516 g/mol. The Balaban J connectivity index is 3.74. The van der Waals surface area contributed by atoms with E-state index in [0.29, 0.717) is 19.3 Å². The summed E-state index contributed by atoms with van der Waals surface area (Å²) in [5, 5.41) is 19.0. The van der Waals surface area contributed by atoms with Crippen molar-refractivity contribution in [3.8, 4) is 0 Å². The fraction of sp³-hybridized carbons (Fsp3) is 0.714. The molecule has 0 aliphatic carbocycles. The molecule has 0 fully saturated rings. The lowest BCUT2D eigenvalue weighted by atomic mass is 10.1. The summed E-state index contributed by atoms with van der Waals surface area (Å²) in [5.41, 5.74) is 0. The highest BCUT2D eigenvalue weighted by molar-refractivity contribution is 5.70. The Hall–Kier alpha value is -2.18. The summed E-state index contributed by atoms with van der Waals surface area (Å²) in [7, 11) is 0. The van der Waals surface area contributed by atoms with Gasteiger partial charge >= 0.3 is 11.9 Å². The van der Waals surface area contributed by atoms with Gasteiger partial charge in [0.05, 0.1) is 12.7 Å². The van der Waals surface area contributed by atoms with Gasteiger partial charge in [-0.15, -0.1) is 0 Å². The van der Waals surface area contributed by atoms with E-state index in [1.54, 1.807) is 0 Å². The highest BCUT2D eigenvalue weighted by Crippen LogP contribution is 2.11. The lowest BCUT2D eigenvalue weighted by Gasteiger charge is -2.15. The molecule has 0 aliphatic rings. The molecule has 0 saturated carbocycles. The van der Waals surface area contributed by atoms with Gasteiger partial charge in [0.2, 0.25) is 0 Å². The summed E-state index contributed by atoms with van der Waals surface area (Å²) >= 11 is 0. The third-order valence-electron chi connectivity index (χ3n) is 6.79. The molecule has 2 atom stereocenters. The molecule has 2 N–H and O–H groups in total. The highest BCUT2D eigenvalue weighted by Gasteiger charge is 2.16. The van der Waals surface area contributed by atoms with Crippen LogP contribution >= 0.6 is 0 Å². The molecule has 0 aromatic heterocycles. The van der Waals surface area contributed by atoms with Crippen molar-refractivity contribution >= 4 is 11.9 Å². The van der Waals surface area contributed by atoms with Gasteiger partial charge in [-0.25, -0.2) is 0 Å². The first kappa shape index (κ1) is 38.8. The zero-order valence-corrected chi connectivity index (χ0v) is 26.2. The SMILES string of the molecule is CCCCCCCCCCCC(=O)O[C@@H](CO)COC(=O)CCC/C=C\C/C=C\C/C=C\C/C=C\CC[C@@H](O)CC. The van der Waals surface area contributed by atoms with Crippen LogP contribution in [-0.2, 0) is 19.1 Å². The molecule has 236 valence electrons. The molecule has 0 bridgehead atoms. The second-order valence-corrected chi connectivity index (χ2v) is 10.7. The van der Waals surface area contributed by atoms with E-state index < -0.39 is 6.10 Å². The largest absolute Gasteiger partial charge is 0.462 e. The van der Waals surface area contributed by atoms with Crippen LogP contribution in [0.15, 0.2) is 48.6 Å². The van der Waals surface area contributed by atoms with Crippen LogP contribution in [0.1, 0.15) is 136 Å². The molecule has 0 rings (SSSR count). The highest BCUT2D eigenvalue weighted by atomic mass is 16.6. The number of carbonyl (C=O) groups excluding carboxylic acids is 2. The fourth-order valence-corrected chi connectivity index (χ4v) is 4.11. The minimum Gasteiger partial charge on any atom is -0.462 e. The number of ether oxygens (including phenoxy) is 2. The van der Waals surface area contributed by atoms with Crippen molar-refractivity contribution < 1.29 is 29.3 Å². The van der Waals surface area contributed by atoms with Gasteiger partial charge in [-0.3, -0.25) is 9.59 Å². The number of rotatable bonds is 28. The molecule has 6 heteroatoms. The van der Waals surface area contributed by atoms with Crippen molar-refractivity contribution in [3.63, 3.8) is 0 Å². The lowest BCUT2D eigenvalue weighted by Crippen LogP contribution is -2.28. The van der Waals surface area contributed by atoms with Crippen LogP contribution in [0.4, 0.5) is 0 Å². The van der Waals surface area contributed by atoms with Gasteiger partial charge in [-0.1, -0.05) is 114 Å². The number of allylic oxidation sites excluding steroid dienone is 8. The van der Waals surface area contributed by atoms with E-state index >= 15 is 0 Å². The maximum absolute atomic E-state index is 12.0. The van der Waals surface area contributed by atoms with Crippen LogP contribution in [0, 0.1) is 0 Å². The normalized spacial score (nSPS) is 13.6. The zero-order valence-electron chi connectivity index (χ0n) is 26.2. The van der Waals surface area contributed by atoms with Crippen LogP contribution in [0.5, 0.6) is 0 Å². The molecule has 0 spiro atoms. The number of unbranched alkanes of at least 4 members (excludes halogenated alkanes) is 9. The number of hydrogen-bond acceptors (Lipinski definition) is 6. The van der Waals surface area contributed by atoms with E-state index in [1.807, 2.05) is 6.92 Å². The molecule has 0 heterocycles. The topological polar surface area (TPSA) is 93.1 Å². The first-order valence-corrected chi connectivity index (χ1v) is 16.3. The number of esters is 2. The van der Waals surface area contributed by atoms with Crippen LogP contribution in [0.2, 0.25) is 0 Å². The molecule has 0 aromatic carbocycles. The Morgan fingerprint density at radius 1 is 0.659 bits per heavy atom. The first-order chi connectivity index (χ1) is 20.0. The molecule has 41 heavy (non-hydrogen) atoms. The predicted molar refractivity (Wildman–Crippen MR) is 170 cm³/mol. The summed E-state index contributed by atoms with van der Waals surface area (Å²) in [4.78, 5) is 24.0. The number of aliphatic hydroxyl groups excluding tert-OH is 2. The second-order valence-electron chi connectivity index (χ2n) is 10.7. The Bertz CT molecular complexity index is 724. The van der Waals surface area contributed by atoms with Crippen molar-refractivity contribution in [2.45, 2.75) is 148 Å². The molecule has 0 aromatic rings. The Kier molecular flexibility index (Phi) is 29.1. The molecule has 0 amide bonds. The minimum atomic E-state index is -0.798. The van der Waals surface area contributed by atoms with Gasteiger partial charge in [0, 0.05) is 12.8 Å². The van der Waals surface area contributed by atoms with E-state index in [-0.39, 0.29) is 31.3 Å². The Labute approximate surface area is 251 Å². The lowest BCUT2D eigenvalue weighted by molar-refractivity contribution is -0.161. The molecule has 0 aliphatic heterocycles. The zero-order chi connectivity index (χ0) is 30.2. The Morgan fingerprint density at radius 2 is 1.17 bits per heavy atom. The van der Waals surface area contributed by atoms with E-state index in [4.69, 9.17) is 9.47 Å². The van der Waals surface area contributed by atoms with E-state index in [2.05, 4.69) is 55.5 Å². The van der Waals surface area contributed by atoms with Gasteiger partial charge in [0.15, 0.2) is 6.10 Å². The summed E-state index contributed by atoms with van der Waals surface area (Å²) in [6.45, 7) is 3.76. The maximum Gasteiger partial charge on any atom is 0.306 e. The van der Waals surface area contributed by atoms with Gasteiger partial charge in [0.25, 0.3) is 0 Å². The maximum atomic E-state index is 12.0. The van der Waals surface area contributed by atoms with Crippen LogP contribution in [0.3, 0.4) is 0 Å². The van der Waals surface area contributed by atoms with Gasteiger partial charge in [-0.2, -0.15) is 0 Å². The van der Waals surface area contributed by atoms with E-state index in [9.17, 15) is 19.8 Å². The summed E-state index contributed by atoms with van der Waals surface area (Å²) in [6, 6.07) is 0. The molecule has 0 unspecified atom stereocenters. The van der Waals surface area contributed by atoms with Crippen molar-refractivity contribution in [2.75, 3.05) is 13.2 Å². The standard InChI is InChI=1S/C35H60O6/c1-3-5-6-7-8-15-20-23-26-29-35(39)41-33(30-36)31-40-34(38)28-25-22-19-17-14-12-10-9-11-13-16-18-21-24-27-32(37)4-2/h10-13,17-19,21,32-33,36-37H,3-9,14-16,20,22-31H2,1-2H3/b12-10-,13-11-,19-17-,21-18-/t32-,33-/m0/s1. The molecular formula is C35H60O6. The van der Waals surface area contributed by atoms with Gasteiger partial charge in [0.1, 0.15) is 6.61 Å². The summed E-state index contributed by atoms with van der Waals surface area (Å²) in [5.74, 6) is -0.683. The summed E-state index contributed by atoms with van der Waals surface area (Å²) < 4.78 is 10.5. The molecule has 0 radical (unpaired) electrons. The third kappa shape index (κ3) is 29.1. The minimum absolute atomic E-state index is 0.104. The summed E-state index contributed by atoms with van der Waals surface area (Å²) in [6.07, 6.45) is 34.0. The van der Waals surface area contributed by atoms with Gasteiger partial charge in [-0.05, 0) is 57.8 Å². The van der Waals surface area contributed by atoms with Crippen molar-refractivity contribution in [2.24, 2.45) is 0 Å². The predicted octanol–water partition coefficient (Wildman–Crippen LogP) is 8.47. The van der Waals surface area contributed by atoms with E-state index in [1.165, 1.54) is 38.5 Å². The molecule has 0 saturated heterocycles. The molecule has 6 nitrogen and oxygen atoms in total. The smallest absolute Gasteiger partial charge is 0.306 e. The van der Waals surface area contributed by atoms with E-state index in [0.717, 1.165) is 64.2 Å². The monoisotopic (exact) mass is 576 g/mol.